The molecule has 3 amide bonds. The summed E-state index contributed by atoms with van der Waals surface area (Å²) in [7, 11) is 2.08. The monoisotopic (exact) mass is 399 g/mol. The predicted molar refractivity (Wildman–Crippen MR) is 114 cm³/mol. The molecule has 0 bridgehead atoms. The highest BCUT2D eigenvalue weighted by atomic mass is 16.2. The summed E-state index contributed by atoms with van der Waals surface area (Å²) in [6, 6.07) is 8.38. The molecule has 158 valence electrons. The summed E-state index contributed by atoms with van der Waals surface area (Å²) in [4.78, 5) is 30.9. The van der Waals surface area contributed by atoms with E-state index in [0.717, 1.165) is 63.1 Å². The maximum atomic E-state index is 13.2. The van der Waals surface area contributed by atoms with Crippen molar-refractivity contribution in [3.8, 4) is 0 Å². The number of piperidine rings is 1. The first-order valence-corrected chi connectivity index (χ1v) is 11.4. The number of para-hydroxylation sites is 1. The molecule has 4 rings (SSSR count). The molecule has 2 N–H and O–H groups in total. The van der Waals surface area contributed by atoms with Crippen molar-refractivity contribution in [2.24, 2.45) is 0 Å². The van der Waals surface area contributed by atoms with Crippen molar-refractivity contribution in [2.45, 2.75) is 69.9 Å². The zero-order valence-electron chi connectivity index (χ0n) is 17.7. The van der Waals surface area contributed by atoms with Crippen molar-refractivity contribution in [2.75, 3.05) is 31.7 Å². The van der Waals surface area contributed by atoms with E-state index in [-0.39, 0.29) is 11.9 Å². The number of benzene rings is 1. The van der Waals surface area contributed by atoms with Crippen LogP contribution in [0, 0.1) is 0 Å². The van der Waals surface area contributed by atoms with E-state index in [4.69, 9.17) is 0 Å². The van der Waals surface area contributed by atoms with E-state index in [0.29, 0.717) is 6.67 Å². The van der Waals surface area contributed by atoms with E-state index in [2.05, 4.69) is 41.5 Å². The summed E-state index contributed by atoms with van der Waals surface area (Å²) in [5.74, 6) is -0.00642. The van der Waals surface area contributed by atoms with Crippen molar-refractivity contribution in [3.05, 3.63) is 29.8 Å². The van der Waals surface area contributed by atoms with Crippen molar-refractivity contribution in [3.63, 3.8) is 0 Å². The average Bonchev–Trinajstić information content (AvgIpc) is 2.89. The number of rotatable bonds is 5. The van der Waals surface area contributed by atoms with Crippen molar-refractivity contribution >= 4 is 17.6 Å². The van der Waals surface area contributed by atoms with Gasteiger partial charge in [0.05, 0.1) is 7.05 Å². The minimum absolute atomic E-state index is 0.00642. The van der Waals surface area contributed by atoms with Gasteiger partial charge in [0.15, 0.2) is 6.67 Å². The quantitative estimate of drug-likeness (QED) is 0.747. The molecule has 3 fully saturated rings. The van der Waals surface area contributed by atoms with Gasteiger partial charge < -0.3 is 15.1 Å². The number of anilines is 1. The normalized spacial score (nSPS) is 23.2. The minimum Gasteiger partial charge on any atom is -0.371 e. The summed E-state index contributed by atoms with van der Waals surface area (Å²) < 4.78 is 0. The standard InChI is InChI=1S/C23H34N4O2/c1-25(17-19-11-5-6-12-20(19)26-15-9-4-10-16-26)18-27-21(28)23(24-22(27)29)13-7-2-3-8-14-23/h5-6,11-12H,2-4,7-10,13-18H2,1H3,(H,24,29)/p+1. The number of hydrogen-bond acceptors (Lipinski definition) is 3. The summed E-state index contributed by atoms with van der Waals surface area (Å²) in [6.45, 7) is 3.45. The van der Waals surface area contributed by atoms with Crippen molar-refractivity contribution in [1.82, 2.24) is 10.2 Å². The Morgan fingerprint density at radius 3 is 2.34 bits per heavy atom. The van der Waals surface area contributed by atoms with Gasteiger partial charge in [0.1, 0.15) is 12.1 Å². The smallest absolute Gasteiger partial charge is 0.329 e. The highest BCUT2D eigenvalue weighted by Gasteiger charge is 2.51. The summed E-state index contributed by atoms with van der Waals surface area (Å²) >= 11 is 0. The first-order valence-electron chi connectivity index (χ1n) is 11.4. The molecule has 29 heavy (non-hydrogen) atoms. The molecule has 1 aliphatic carbocycles. The lowest BCUT2D eigenvalue weighted by Gasteiger charge is -2.31. The van der Waals surface area contributed by atoms with Crippen LogP contribution in [0.15, 0.2) is 24.3 Å². The number of quaternary nitrogens is 1. The molecule has 1 aromatic carbocycles. The number of carbonyl (C=O) groups is 2. The second kappa shape index (κ2) is 8.74. The van der Waals surface area contributed by atoms with Gasteiger partial charge in [-0.25, -0.2) is 9.69 Å². The van der Waals surface area contributed by atoms with Gasteiger partial charge in [-0.1, -0.05) is 43.9 Å². The van der Waals surface area contributed by atoms with Crippen molar-refractivity contribution < 1.29 is 14.5 Å². The number of hydrogen-bond donors (Lipinski definition) is 2. The van der Waals surface area contributed by atoms with Gasteiger partial charge in [-0.15, -0.1) is 0 Å². The van der Waals surface area contributed by atoms with E-state index in [1.165, 1.54) is 35.4 Å². The number of nitrogens with zero attached hydrogens (tertiary/aromatic N) is 2. The van der Waals surface area contributed by atoms with Crippen LogP contribution in [-0.4, -0.2) is 49.2 Å². The molecule has 2 saturated heterocycles. The molecule has 3 aliphatic rings. The van der Waals surface area contributed by atoms with Gasteiger partial charge in [-0.05, 0) is 38.2 Å². The maximum Gasteiger partial charge on any atom is 0.329 e. The zero-order valence-corrected chi connectivity index (χ0v) is 17.7. The van der Waals surface area contributed by atoms with Gasteiger partial charge in [-0.3, -0.25) is 4.79 Å². The Labute approximate surface area is 174 Å². The Morgan fingerprint density at radius 2 is 1.62 bits per heavy atom. The van der Waals surface area contributed by atoms with Crippen LogP contribution < -0.4 is 15.1 Å². The van der Waals surface area contributed by atoms with E-state index in [1.807, 2.05) is 0 Å². The fourth-order valence-electron chi connectivity index (χ4n) is 5.25. The molecule has 1 spiro atoms. The summed E-state index contributed by atoms with van der Waals surface area (Å²) in [5, 5.41) is 3.06. The highest BCUT2D eigenvalue weighted by molar-refractivity contribution is 6.06. The number of amides is 3. The Kier molecular flexibility index (Phi) is 6.09. The van der Waals surface area contributed by atoms with E-state index in [1.54, 1.807) is 0 Å². The molecule has 1 saturated carbocycles. The fraction of sp³-hybridized carbons (Fsp3) is 0.652. The third kappa shape index (κ3) is 4.27. The fourth-order valence-corrected chi connectivity index (χ4v) is 5.25. The van der Waals surface area contributed by atoms with Crippen LogP contribution in [0.4, 0.5) is 10.5 Å². The largest absolute Gasteiger partial charge is 0.371 e. The Morgan fingerprint density at radius 1 is 0.966 bits per heavy atom. The topological polar surface area (TPSA) is 57.1 Å². The number of imide groups is 1. The second-order valence-electron chi connectivity index (χ2n) is 9.13. The minimum atomic E-state index is -0.639. The third-order valence-electron chi connectivity index (χ3n) is 6.81. The molecule has 6 nitrogen and oxygen atoms in total. The molecule has 2 heterocycles. The molecule has 0 radical (unpaired) electrons. The Hall–Kier alpha value is -2.08. The first-order chi connectivity index (χ1) is 14.1. The lowest BCUT2D eigenvalue weighted by Crippen LogP contribution is -3.09. The molecule has 1 atom stereocenters. The molecule has 0 aromatic heterocycles. The van der Waals surface area contributed by atoms with Crippen LogP contribution in [-0.2, 0) is 11.3 Å². The maximum absolute atomic E-state index is 13.2. The van der Waals surface area contributed by atoms with E-state index >= 15 is 0 Å². The van der Waals surface area contributed by atoms with Crippen LogP contribution in [0.2, 0.25) is 0 Å². The Balaban J connectivity index is 1.43. The molecular weight excluding hydrogens is 364 g/mol. The summed E-state index contributed by atoms with van der Waals surface area (Å²) in [6.07, 6.45) is 9.74. The van der Waals surface area contributed by atoms with Gasteiger partial charge in [-0.2, -0.15) is 0 Å². The van der Waals surface area contributed by atoms with Gasteiger partial charge in [0.25, 0.3) is 5.91 Å². The summed E-state index contributed by atoms with van der Waals surface area (Å²) in [5.41, 5.74) is 1.96. The molecule has 2 aliphatic heterocycles. The van der Waals surface area contributed by atoms with Crippen LogP contribution in [0.25, 0.3) is 0 Å². The van der Waals surface area contributed by atoms with Gasteiger partial charge >= 0.3 is 6.03 Å². The SMILES string of the molecule is C[NH+](Cc1ccccc1N1CCCCC1)CN1C(=O)NC2(CCCCCC2)C1=O. The third-order valence-corrected chi connectivity index (χ3v) is 6.81. The van der Waals surface area contributed by atoms with Crippen LogP contribution in [0.5, 0.6) is 0 Å². The lowest BCUT2D eigenvalue weighted by atomic mass is 9.90. The van der Waals surface area contributed by atoms with E-state index < -0.39 is 5.54 Å². The number of urea groups is 1. The van der Waals surface area contributed by atoms with Crippen LogP contribution >= 0.6 is 0 Å². The number of nitrogens with one attached hydrogen (secondary N) is 2. The molecular formula is C23H35N4O2+. The predicted octanol–water partition coefficient (Wildman–Crippen LogP) is 2.29. The number of carbonyl (C=O) groups excluding carboxylic acids is 2. The van der Waals surface area contributed by atoms with Gasteiger partial charge in [0.2, 0.25) is 0 Å². The molecule has 1 aromatic rings. The van der Waals surface area contributed by atoms with Gasteiger partial charge in [0, 0.05) is 24.3 Å². The zero-order chi connectivity index (χ0) is 20.3. The van der Waals surface area contributed by atoms with Crippen LogP contribution in [0.1, 0.15) is 63.4 Å². The lowest BCUT2D eigenvalue weighted by molar-refractivity contribution is -0.901. The first kappa shape index (κ1) is 20.2. The average molecular weight is 400 g/mol. The van der Waals surface area contributed by atoms with Crippen LogP contribution in [0.3, 0.4) is 0 Å². The second-order valence-corrected chi connectivity index (χ2v) is 9.13. The van der Waals surface area contributed by atoms with Crippen molar-refractivity contribution in [1.29, 1.82) is 0 Å². The van der Waals surface area contributed by atoms with E-state index in [9.17, 15) is 9.59 Å². The molecule has 6 heteroatoms. The molecule has 1 unspecified atom stereocenters. The Bertz CT molecular complexity index is 736. The highest BCUT2D eigenvalue weighted by Crippen LogP contribution is 2.32.